The molecule has 0 radical (unpaired) electrons. The van der Waals surface area contributed by atoms with Gasteiger partial charge in [-0.05, 0) is 48.7 Å². The maximum absolute atomic E-state index is 12.4. The third-order valence-electron chi connectivity index (χ3n) is 4.21. The highest BCUT2D eigenvalue weighted by Gasteiger charge is 2.29. The second-order valence-corrected chi connectivity index (χ2v) is 6.31. The molecule has 134 valence electrons. The average molecular weight is 351 g/mol. The molecule has 1 fully saturated rings. The quantitative estimate of drug-likeness (QED) is 0.746. The third kappa shape index (κ3) is 4.47. The predicted molar refractivity (Wildman–Crippen MR) is 98.8 cm³/mol. The number of rotatable bonds is 6. The molecule has 1 saturated carbocycles. The van der Waals surface area contributed by atoms with Gasteiger partial charge in [-0.1, -0.05) is 18.2 Å². The molecule has 0 bridgehead atoms. The van der Waals surface area contributed by atoms with E-state index in [9.17, 15) is 14.4 Å². The highest BCUT2D eigenvalue weighted by molar-refractivity contribution is 5.98. The van der Waals surface area contributed by atoms with Gasteiger partial charge in [0.1, 0.15) is 0 Å². The Hall–Kier alpha value is -3.15. The van der Waals surface area contributed by atoms with Crippen LogP contribution in [-0.2, 0) is 11.3 Å². The van der Waals surface area contributed by atoms with E-state index in [-0.39, 0.29) is 23.6 Å². The molecule has 0 spiro atoms. The van der Waals surface area contributed by atoms with Crippen LogP contribution in [0.2, 0.25) is 0 Å². The van der Waals surface area contributed by atoms with E-state index in [1.165, 1.54) is 0 Å². The van der Waals surface area contributed by atoms with Crippen LogP contribution in [-0.4, -0.2) is 24.8 Å². The summed E-state index contributed by atoms with van der Waals surface area (Å²) in [4.78, 5) is 35.9. The summed E-state index contributed by atoms with van der Waals surface area (Å²) in [5.41, 5.74) is 2.47. The Morgan fingerprint density at radius 2 is 1.65 bits per heavy atom. The Kier molecular flexibility index (Phi) is 5.31. The molecule has 3 N–H and O–H groups in total. The van der Waals surface area contributed by atoms with Crippen LogP contribution in [0.1, 0.15) is 39.1 Å². The van der Waals surface area contributed by atoms with Gasteiger partial charge in [0.25, 0.3) is 11.8 Å². The molecule has 0 aliphatic heterocycles. The Balaban J connectivity index is 1.61. The van der Waals surface area contributed by atoms with Crippen LogP contribution in [0.3, 0.4) is 0 Å². The molecule has 0 unspecified atom stereocenters. The molecule has 2 aromatic rings. The summed E-state index contributed by atoms with van der Waals surface area (Å²) in [7, 11) is 1.58. The Labute approximate surface area is 152 Å². The van der Waals surface area contributed by atoms with E-state index in [1.807, 2.05) is 6.07 Å². The smallest absolute Gasteiger partial charge is 0.251 e. The van der Waals surface area contributed by atoms with Crippen molar-refractivity contribution in [2.75, 3.05) is 12.4 Å². The lowest BCUT2D eigenvalue weighted by molar-refractivity contribution is -0.117. The van der Waals surface area contributed by atoms with E-state index in [1.54, 1.807) is 49.5 Å². The van der Waals surface area contributed by atoms with Gasteiger partial charge in [-0.2, -0.15) is 0 Å². The summed E-state index contributed by atoms with van der Waals surface area (Å²) in [6.45, 7) is 0.308. The number of amides is 3. The van der Waals surface area contributed by atoms with E-state index in [2.05, 4.69) is 16.0 Å². The molecule has 3 rings (SSSR count). The maximum atomic E-state index is 12.4. The van der Waals surface area contributed by atoms with Crippen molar-refractivity contribution < 1.29 is 14.4 Å². The minimum Gasteiger partial charge on any atom is -0.355 e. The van der Waals surface area contributed by atoms with Crippen molar-refractivity contribution >= 4 is 23.4 Å². The highest BCUT2D eigenvalue weighted by Crippen LogP contribution is 2.30. The second kappa shape index (κ2) is 7.82. The van der Waals surface area contributed by atoms with Crippen molar-refractivity contribution in [2.45, 2.75) is 19.4 Å². The first-order valence-corrected chi connectivity index (χ1v) is 8.57. The molecule has 1 aliphatic rings. The van der Waals surface area contributed by atoms with Gasteiger partial charge in [-0.25, -0.2) is 0 Å². The van der Waals surface area contributed by atoms with Crippen molar-refractivity contribution in [3.05, 3.63) is 65.2 Å². The third-order valence-corrected chi connectivity index (χ3v) is 4.21. The van der Waals surface area contributed by atoms with Gasteiger partial charge in [-0.15, -0.1) is 0 Å². The number of carbonyl (C=O) groups excluding carboxylic acids is 3. The molecular formula is C20H21N3O3. The first-order valence-electron chi connectivity index (χ1n) is 8.57. The molecule has 6 nitrogen and oxygen atoms in total. The van der Waals surface area contributed by atoms with Gasteiger partial charge >= 0.3 is 0 Å². The van der Waals surface area contributed by atoms with Crippen LogP contribution in [0.25, 0.3) is 0 Å². The first-order chi connectivity index (χ1) is 12.6. The average Bonchev–Trinajstić information content (AvgIpc) is 3.51. The monoisotopic (exact) mass is 351 g/mol. The molecule has 26 heavy (non-hydrogen) atoms. The lowest BCUT2D eigenvalue weighted by Crippen LogP contribution is -2.23. The summed E-state index contributed by atoms with van der Waals surface area (Å²) >= 11 is 0. The van der Waals surface area contributed by atoms with Gasteiger partial charge in [-0.3, -0.25) is 14.4 Å². The summed E-state index contributed by atoms with van der Waals surface area (Å²) < 4.78 is 0. The number of hydrogen-bond donors (Lipinski definition) is 3. The molecule has 2 aromatic carbocycles. The zero-order chi connectivity index (χ0) is 18.5. The predicted octanol–water partition coefficient (Wildman–Crippen LogP) is 2.32. The van der Waals surface area contributed by atoms with Gasteiger partial charge in [0.2, 0.25) is 5.91 Å². The van der Waals surface area contributed by atoms with Crippen LogP contribution in [0.15, 0.2) is 48.5 Å². The molecule has 0 saturated heterocycles. The summed E-state index contributed by atoms with van der Waals surface area (Å²) in [6, 6.07) is 14.0. The molecular weight excluding hydrogens is 330 g/mol. The largest absolute Gasteiger partial charge is 0.355 e. The summed E-state index contributed by atoms with van der Waals surface area (Å²) in [5, 5.41) is 8.24. The maximum Gasteiger partial charge on any atom is 0.251 e. The molecule has 1 aliphatic carbocycles. The molecule has 6 heteroatoms. The van der Waals surface area contributed by atoms with E-state index in [0.29, 0.717) is 23.4 Å². The SMILES string of the molecule is CNC(=O)c1cccc(CNC(=O)c2cccc(NC(=O)C3CC3)c2)c1. The van der Waals surface area contributed by atoms with Crippen LogP contribution < -0.4 is 16.0 Å². The fourth-order valence-electron chi connectivity index (χ4n) is 2.58. The number of benzene rings is 2. The van der Waals surface area contributed by atoms with Crippen molar-refractivity contribution in [1.82, 2.24) is 10.6 Å². The molecule has 0 atom stereocenters. The van der Waals surface area contributed by atoms with Gasteiger partial charge in [0.15, 0.2) is 0 Å². The molecule has 0 aromatic heterocycles. The number of anilines is 1. The fraction of sp³-hybridized carbons (Fsp3) is 0.250. The Morgan fingerprint density at radius 3 is 2.35 bits per heavy atom. The zero-order valence-corrected chi connectivity index (χ0v) is 14.5. The van der Waals surface area contributed by atoms with Crippen LogP contribution >= 0.6 is 0 Å². The Morgan fingerprint density at radius 1 is 0.962 bits per heavy atom. The van der Waals surface area contributed by atoms with Crippen LogP contribution in [0.5, 0.6) is 0 Å². The number of nitrogens with one attached hydrogen (secondary N) is 3. The normalized spacial score (nSPS) is 13.0. The van der Waals surface area contributed by atoms with Crippen molar-refractivity contribution in [2.24, 2.45) is 5.92 Å². The van der Waals surface area contributed by atoms with Crippen molar-refractivity contribution in [3.8, 4) is 0 Å². The molecule has 0 heterocycles. The number of hydrogen-bond acceptors (Lipinski definition) is 3. The first kappa shape index (κ1) is 17.7. The fourth-order valence-corrected chi connectivity index (χ4v) is 2.58. The minimum atomic E-state index is -0.238. The Bertz CT molecular complexity index is 844. The standard InChI is InChI=1S/C20H21N3O3/c1-21-18(24)15-5-2-4-13(10-15)12-22-19(25)16-6-3-7-17(11-16)23-20(26)14-8-9-14/h2-7,10-11,14H,8-9,12H2,1H3,(H,21,24)(H,22,25)(H,23,26). The molecule has 3 amide bonds. The van der Waals surface area contributed by atoms with Crippen LogP contribution in [0, 0.1) is 5.92 Å². The summed E-state index contributed by atoms with van der Waals surface area (Å²) in [5.74, 6) is -0.288. The van der Waals surface area contributed by atoms with E-state index in [4.69, 9.17) is 0 Å². The summed E-state index contributed by atoms with van der Waals surface area (Å²) in [6.07, 6.45) is 1.86. The number of carbonyl (C=O) groups is 3. The highest BCUT2D eigenvalue weighted by atomic mass is 16.2. The topological polar surface area (TPSA) is 87.3 Å². The lowest BCUT2D eigenvalue weighted by atomic mass is 10.1. The zero-order valence-electron chi connectivity index (χ0n) is 14.5. The second-order valence-electron chi connectivity index (χ2n) is 6.31. The minimum absolute atomic E-state index is 0.00794. The van der Waals surface area contributed by atoms with E-state index < -0.39 is 0 Å². The van der Waals surface area contributed by atoms with Gasteiger partial charge in [0, 0.05) is 36.3 Å². The van der Waals surface area contributed by atoms with Crippen molar-refractivity contribution in [1.29, 1.82) is 0 Å². The lowest BCUT2D eigenvalue weighted by Gasteiger charge is -2.09. The van der Waals surface area contributed by atoms with Crippen LogP contribution in [0.4, 0.5) is 5.69 Å². The van der Waals surface area contributed by atoms with Gasteiger partial charge in [0.05, 0.1) is 0 Å². The van der Waals surface area contributed by atoms with Crippen molar-refractivity contribution in [3.63, 3.8) is 0 Å². The van der Waals surface area contributed by atoms with E-state index in [0.717, 1.165) is 18.4 Å². The van der Waals surface area contributed by atoms with E-state index >= 15 is 0 Å². The van der Waals surface area contributed by atoms with Gasteiger partial charge < -0.3 is 16.0 Å².